The number of carbonyl (C=O) groups excluding carboxylic acids is 1. The molecular weight excluding hydrogens is 416 g/mol. The van der Waals surface area contributed by atoms with E-state index in [1.807, 2.05) is 31.2 Å². The van der Waals surface area contributed by atoms with Gasteiger partial charge in [-0.25, -0.2) is 0 Å². The number of hydrogen-bond acceptors (Lipinski definition) is 6. The highest BCUT2D eigenvalue weighted by Gasteiger charge is 2.23. The molecule has 4 rings (SSSR count). The Morgan fingerprint density at radius 1 is 1.12 bits per heavy atom. The van der Waals surface area contributed by atoms with Gasteiger partial charge in [-0.15, -0.1) is 0 Å². The van der Waals surface area contributed by atoms with E-state index in [4.69, 9.17) is 14.7 Å². The van der Waals surface area contributed by atoms with Gasteiger partial charge in [0.05, 0.1) is 32.2 Å². The van der Waals surface area contributed by atoms with Crippen molar-refractivity contribution in [3.63, 3.8) is 0 Å². The Labute approximate surface area is 196 Å². The van der Waals surface area contributed by atoms with Gasteiger partial charge in [-0.1, -0.05) is 12.1 Å². The van der Waals surface area contributed by atoms with Crippen molar-refractivity contribution in [1.82, 2.24) is 9.80 Å². The van der Waals surface area contributed by atoms with Crippen LogP contribution in [0, 0.1) is 11.3 Å². The first kappa shape index (κ1) is 23.1. The number of carbonyl (C=O) groups is 1. The van der Waals surface area contributed by atoms with Crippen molar-refractivity contribution in [3.8, 4) is 17.6 Å². The van der Waals surface area contributed by atoms with Gasteiger partial charge in [0.2, 0.25) is 5.91 Å². The molecule has 33 heavy (non-hydrogen) atoms. The minimum absolute atomic E-state index is 0.0292. The fraction of sp³-hybridized carbons (Fsp3) is 0.462. The van der Waals surface area contributed by atoms with E-state index >= 15 is 0 Å². The Bertz CT molecular complexity index is 978. The van der Waals surface area contributed by atoms with Gasteiger partial charge in [-0.3, -0.25) is 14.6 Å². The predicted molar refractivity (Wildman–Crippen MR) is 128 cm³/mol. The Morgan fingerprint density at radius 2 is 1.88 bits per heavy atom. The zero-order valence-electron chi connectivity index (χ0n) is 19.3. The first-order valence-electron chi connectivity index (χ1n) is 11.8. The van der Waals surface area contributed by atoms with Gasteiger partial charge >= 0.3 is 0 Å². The van der Waals surface area contributed by atoms with Crippen LogP contribution in [0.25, 0.3) is 0 Å². The summed E-state index contributed by atoms with van der Waals surface area (Å²) < 4.78 is 11.1. The summed E-state index contributed by atoms with van der Waals surface area (Å²) in [6, 6.07) is 16.2. The Balaban J connectivity index is 1.30. The molecule has 0 N–H and O–H groups in total. The number of benzene rings is 2. The Morgan fingerprint density at radius 3 is 2.61 bits per heavy atom. The lowest BCUT2D eigenvalue weighted by Crippen LogP contribution is -2.50. The summed E-state index contributed by atoms with van der Waals surface area (Å²) in [6.07, 6.45) is 1.30. The lowest BCUT2D eigenvalue weighted by atomic mass is 10.1. The molecule has 0 spiro atoms. The van der Waals surface area contributed by atoms with E-state index in [0.29, 0.717) is 26.1 Å². The molecule has 1 saturated heterocycles. The largest absolute Gasteiger partial charge is 0.494 e. The van der Waals surface area contributed by atoms with Crippen LogP contribution in [0.1, 0.15) is 24.5 Å². The smallest absolute Gasteiger partial charge is 0.241 e. The molecule has 0 saturated carbocycles. The second kappa shape index (κ2) is 11.2. The van der Waals surface area contributed by atoms with Gasteiger partial charge in [0.15, 0.2) is 0 Å². The molecule has 1 fully saturated rings. The van der Waals surface area contributed by atoms with E-state index in [9.17, 15) is 4.79 Å². The van der Waals surface area contributed by atoms with Crippen LogP contribution in [0.4, 0.5) is 5.69 Å². The fourth-order valence-electron chi connectivity index (χ4n) is 4.43. The number of rotatable bonds is 9. The zero-order valence-corrected chi connectivity index (χ0v) is 19.3. The summed E-state index contributed by atoms with van der Waals surface area (Å²) in [4.78, 5) is 19.5. The number of piperazine rings is 1. The van der Waals surface area contributed by atoms with Crippen molar-refractivity contribution in [2.24, 2.45) is 0 Å². The molecule has 2 aliphatic heterocycles. The fourth-order valence-corrected chi connectivity index (χ4v) is 4.43. The summed E-state index contributed by atoms with van der Waals surface area (Å²) in [5, 5.41) is 9.05. The summed E-state index contributed by atoms with van der Waals surface area (Å²) in [6.45, 7) is 8.59. The maximum Gasteiger partial charge on any atom is 0.241 e. The molecule has 174 valence electrons. The van der Waals surface area contributed by atoms with E-state index in [0.717, 1.165) is 62.9 Å². The molecule has 2 aliphatic rings. The zero-order chi connectivity index (χ0) is 23.0. The second-order valence-electron chi connectivity index (χ2n) is 8.47. The molecule has 0 aromatic heterocycles. The Kier molecular flexibility index (Phi) is 7.82. The molecule has 0 unspecified atom stereocenters. The number of nitriles is 1. The van der Waals surface area contributed by atoms with Crippen molar-refractivity contribution in [2.45, 2.75) is 26.3 Å². The molecule has 2 aromatic carbocycles. The number of amides is 1. The van der Waals surface area contributed by atoms with Crippen LogP contribution in [0.2, 0.25) is 0 Å². The number of anilines is 1. The standard InChI is InChI=1S/C26H32N4O3/c1-2-32-24-7-5-23(6-8-24)30(12-3-11-27)26(31)20-29-15-13-28(14-16-29)19-21-4-9-25-22(18-21)10-17-33-25/h4-9,18H,2-3,10,12-17,19-20H2,1H3. The van der Waals surface area contributed by atoms with Crippen LogP contribution in [-0.4, -0.2) is 68.2 Å². The van der Waals surface area contributed by atoms with Crippen molar-refractivity contribution in [2.75, 3.05) is 57.4 Å². The van der Waals surface area contributed by atoms with Crippen LogP contribution in [-0.2, 0) is 17.8 Å². The van der Waals surface area contributed by atoms with Crippen molar-refractivity contribution in [1.29, 1.82) is 5.26 Å². The van der Waals surface area contributed by atoms with E-state index in [1.54, 1.807) is 4.90 Å². The minimum Gasteiger partial charge on any atom is -0.494 e. The monoisotopic (exact) mass is 448 g/mol. The summed E-state index contributed by atoms with van der Waals surface area (Å²) in [5.41, 5.74) is 3.43. The van der Waals surface area contributed by atoms with Gasteiger partial charge in [0.1, 0.15) is 11.5 Å². The molecule has 7 nitrogen and oxygen atoms in total. The normalized spacial score (nSPS) is 16.0. The van der Waals surface area contributed by atoms with Gasteiger partial charge in [0, 0.05) is 51.4 Å². The Hall–Kier alpha value is -3.08. The summed E-state index contributed by atoms with van der Waals surface area (Å²) >= 11 is 0. The van der Waals surface area contributed by atoms with E-state index in [2.05, 4.69) is 34.1 Å². The molecular formula is C26H32N4O3. The number of hydrogen-bond donors (Lipinski definition) is 0. The third kappa shape index (κ3) is 6.04. The molecule has 0 atom stereocenters. The van der Waals surface area contributed by atoms with Crippen LogP contribution in [0.3, 0.4) is 0 Å². The van der Waals surface area contributed by atoms with Gasteiger partial charge in [-0.05, 0) is 48.4 Å². The molecule has 0 radical (unpaired) electrons. The number of fused-ring (bicyclic) bond motifs is 1. The highest BCUT2D eigenvalue weighted by molar-refractivity contribution is 5.94. The maximum absolute atomic E-state index is 13.1. The predicted octanol–water partition coefficient (Wildman–Crippen LogP) is 3.08. The molecule has 2 heterocycles. The lowest BCUT2D eigenvalue weighted by molar-refractivity contribution is -0.120. The van der Waals surface area contributed by atoms with E-state index < -0.39 is 0 Å². The second-order valence-corrected chi connectivity index (χ2v) is 8.47. The van der Waals surface area contributed by atoms with Crippen molar-refractivity contribution in [3.05, 3.63) is 53.6 Å². The first-order chi connectivity index (χ1) is 16.2. The van der Waals surface area contributed by atoms with E-state index in [1.165, 1.54) is 11.1 Å². The average Bonchev–Trinajstić information content (AvgIpc) is 3.30. The van der Waals surface area contributed by atoms with Crippen LogP contribution >= 0.6 is 0 Å². The third-order valence-corrected chi connectivity index (χ3v) is 6.19. The topological polar surface area (TPSA) is 69.0 Å². The first-order valence-corrected chi connectivity index (χ1v) is 11.8. The number of ether oxygens (including phenoxy) is 2. The maximum atomic E-state index is 13.1. The van der Waals surface area contributed by atoms with Gasteiger partial charge in [-0.2, -0.15) is 5.26 Å². The van der Waals surface area contributed by atoms with Crippen molar-refractivity contribution >= 4 is 11.6 Å². The van der Waals surface area contributed by atoms with Crippen LogP contribution in [0.5, 0.6) is 11.5 Å². The highest BCUT2D eigenvalue weighted by atomic mass is 16.5. The van der Waals surface area contributed by atoms with Gasteiger partial charge in [0.25, 0.3) is 0 Å². The highest BCUT2D eigenvalue weighted by Crippen LogP contribution is 2.26. The lowest BCUT2D eigenvalue weighted by Gasteiger charge is -2.35. The molecule has 0 aliphatic carbocycles. The van der Waals surface area contributed by atoms with Crippen molar-refractivity contribution < 1.29 is 14.3 Å². The number of nitrogens with zero attached hydrogens (tertiary/aromatic N) is 4. The molecule has 7 heteroatoms. The van der Waals surface area contributed by atoms with E-state index in [-0.39, 0.29) is 5.91 Å². The van der Waals surface area contributed by atoms with Gasteiger partial charge < -0.3 is 14.4 Å². The third-order valence-electron chi connectivity index (χ3n) is 6.19. The minimum atomic E-state index is 0.0292. The SMILES string of the molecule is CCOc1ccc(N(CCC#N)C(=O)CN2CCN(Cc3ccc4c(c3)CCO4)CC2)cc1. The quantitative estimate of drug-likeness (QED) is 0.587. The molecule has 1 amide bonds. The molecule has 2 aromatic rings. The van der Waals surface area contributed by atoms with Crippen LogP contribution in [0.15, 0.2) is 42.5 Å². The molecule has 0 bridgehead atoms. The van der Waals surface area contributed by atoms with Crippen LogP contribution < -0.4 is 14.4 Å². The summed E-state index contributed by atoms with van der Waals surface area (Å²) in [7, 11) is 0. The summed E-state index contributed by atoms with van der Waals surface area (Å²) in [5.74, 6) is 1.83. The average molecular weight is 449 g/mol.